The molecule has 2 aromatic carbocycles. The topological polar surface area (TPSA) is 69.1 Å². The summed E-state index contributed by atoms with van der Waals surface area (Å²) in [4.78, 5) is 6.70. The van der Waals surface area contributed by atoms with Gasteiger partial charge in [-0.1, -0.05) is 36.4 Å². The lowest BCUT2D eigenvalue weighted by molar-refractivity contribution is 0.0792. The summed E-state index contributed by atoms with van der Waals surface area (Å²) in [5.41, 5.74) is 3.70. The average molecular weight is 524 g/mol. The van der Waals surface area contributed by atoms with E-state index < -0.39 is 0 Å². The fourth-order valence-corrected chi connectivity index (χ4v) is 3.43. The van der Waals surface area contributed by atoms with Crippen molar-refractivity contribution < 1.29 is 9.84 Å². The van der Waals surface area contributed by atoms with Crippen LogP contribution in [0.25, 0.3) is 0 Å². The van der Waals surface area contributed by atoms with E-state index in [4.69, 9.17) is 4.74 Å². The first-order valence-corrected chi connectivity index (χ1v) is 10.2. The van der Waals surface area contributed by atoms with Crippen LogP contribution < -0.4 is 15.4 Å². The maximum atomic E-state index is 9.62. The molecule has 0 aliphatic carbocycles. The first kappa shape index (κ1) is 24.4. The van der Waals surface area contributed by atoms with Crippen LogP contribution in [0.3, 0.4) is 0 Å². The summed E-state index contributed by atoms with van der Waals surface area (Å²) in [6, 6.07) is 16.7. The Kier molecular flexibility index (Phi) is 10.4. The Balaban J connectivity index is 0.00000320. The summed E-state index contributed by atoms with van der Waals surface area (Å²) < 4.78 is 5.19. The third-order valence-corrected chi connectivity index (χ3v) is 5.29. The summed E-state index contributed by atoms with van der Waals surface area (Å²) in [5, 5.41) is 16.3. The fraction of sp³-hybridized carbons (Fsp3) is 0.435. The van der Waals surface area contributed by atoms with Crippen molar-refractivity contribution in [1.82, 2.24) is 15.5 Å². The predicted octanol–water partition coefficient (Wildman–Crippen LogP) is 3.14. The normalized spacial score (nSPS) is 15.4. The zero-order valence-electron chi connectivity index (χ0n) is 17.8. The maximum absolute atomic E-state index is 9.62. The monoisotopic (exact) mass is 524 g/mol. The third kappa shape index (κ3) is 7.77. The first-order chi connectivity index (χ1) is 14.2. The van der Waals surface area contributed by atoms with Crippen molar-refractivity contribution in [1.29, 1.82) is 0 Å². The molecule has 0 saturated carbocycles. The molecule has 1 aliphatic rings. The minimum atomic E-state index is -0.118. The molecule has 0 radical (unpaired) electrons. The van der Waals surface area contributed by atoms with Crippen molar-refractivity contribution in [3.05, 3.63) is 65.2 Å². The molecular weight excluding hydrogens is 491 g/mol. The highest BCUT2D eigenvalue weighted by Gasteiger charge is 2.16. The van der Waals surface area contributed by atoms with Crippen molar-refractivity contribution >= 4 is 29.9 Å². The average Bonchev–Trinajstić information content (AvgIpc) is 2.77. The number of aliphatic hydroxyl groups excluding tert-OH is 1. The Morgan fingerprint density at radius 1 is 0.967 bits per heavy atom. The van der Waals surface area contributed by atoms with Gasteiger partial charge in [-0.05, 0) is 41.7 Å². The molecule has 7 heteroatoms. The molecule has 3 rings (SSSR count). The van der Waals surface area contributed by atoms with Crippen LogP contribution in [0.1, 0.15) is 29.5 Å². The summed E-state index contributed by atoms with van der Waals surface area (Å²) in [5.74, 6) is 1.63. The highest BCUT2D eigenvalue weighted by molar-refractivity contribution is 14.0. The van der Waals surface area contributed by atoms with Gasteiger partial charge in [-0.2, -0.15) is 0 Å². The van der Waals surface area contributed by atoms with Crippen molar-refractivity contribution in [3.8, 4) is 5.75 Å². The van der Waals surface area contributed by atoms with Gasteiger partial charge in [0.15, 0.2) is 5.96 Å². The van der Waals surface area contributed by atoms with E-state index in [2.05, 4.69) is 44.8 Å². The molecule has 0 atom stereocenters. The van der Waals surface area contributed by atoms with Crippen LogP contribution in [-0.4, -0.2) is 49.3 Å². The minimum absolute atomic E-state index is 0. The zero-order chi connectivity index (χ0) is 20.5. The van der Waals surface area contributed by atoms with Gasteiger partial charge in [-0.25, -0.2) is 0 Å². The Hall–Kier alpha value is -1.84. The summed E-state index contributed by atoms with van der Waals surface area (Å²) in [6.07, 6.45) is 1.64. The lowest BCUT2D eigenvalue weighted by atomic mass is 10.1. The van der Waals surface area contributed by atoms with E-state index in [1.165, 1.54) is 16.7 Å². The third-order valence-electron chi connectivity index (χ3n) is 5.29. The van der Waals surface area contributed by atoms with Crippen molar-refractivity contribution in [2.75, 3.05) is 27.2 Å². The number of methoxy groups -OCH3 is 1. The van der Waals surface area contributed by atoms with Gasteiger partial charge in [-0.3, -0.25) is 9.89 Å². The minimum Gasteiger partial charge on any atom is -0.497 e. The fourth-order valence-electron chi connectivity index (χ4n) is 3.43. The second kappa shape index (κ2) is 12.8. The van der Waals surface area contributed by atoms with Gasteiger partial charge < -0.3 is 20.5 Å². The number of piperidine rings is 1. The van der Waals surface area contributed by atoms with E-state index in [-0.39, 0.29) is 30.1 Å². The molecule has 0 amide bonds. The number of aliphatic hydroxyl groups is 1. The lowest BCUT2D eigenvalue weighted by Crippen LogP contribution is -2.36. The molecule has 0 unspecified atom stereocenters. The SMILES string of the molecule is CN=C(NCc1ccc(CN2CCC(O)CC2)cc1)NCc1ccc(OC)cc1.I. The molecule has 164 valence electrons. The Bertz CT molecular complexity index is 773. The number of nitrogens with zero attached hydrogens (tertiary/aromatic N) is 2. The van der Waals surface area contributed by atoms with Crippen molar-refractivity contribution in [2.24, 2.45) is 4.99 Å². The molecule has 1 fully saturated rings. The van der Waals surface area contributed by atoms with Crippen LogP contribution in [-0.2, 0) is 19.6 Å². The highest BCUT2D eigenvalue weighted by atomic mass is 127. The van der Waals surface area contributed by atoms with Crippen LogP contribution in [0.15, 0.2) is 53.5 Å². The van der Waals surface area contributed by atoms with Gasteiger partial charge >= 0.3 is 0 Å². The van der Waals surface area contributed by atoms with E-state index in [1.54, 1.807) is 14.2 Å². The van der Waals surface area contributed by atoms with Crippen molar-refractivity contribution in [2.45, 2.75) is 38.6 Å². The standard InChI is InChI=1S/C23H32N4O2.HI/c1-24-23(26-16-19-7-9-22(29-2)10-8-19)25-15-18-3-5-20(6-4-18)17-27-13-11-21(28)12-14-27;/h3-10,21,28H,11-17H2,1-2H3,(H2,24,25,26);1H. The van der Waals surface area contributed by atoms with Gasteiger partial charge in [0.05, 0.1) is 13.2 Å². The van der Waals surface area contributed by atoms with Gasteiger partial charge in [0.1, 0.15) is 5.75 Å². The van der Waals surface area contributed by atoms with E-state index in [1.807, 2.05) is 24.3 Å². The number of ether oxygens (including phenoxy) is 1. The quantitative estimate of drug-likeness (QED) is 0.295. The first-order valence-electron chi connectivity index (χ1n) is 10.2. The molecule has 3 N–H and O–H groups in total. The Labute approximate surface area is 196 Å². The van der Waals surface area contributed by atoms with Crippen LogP contribution in [0, 0.1) is 0 Å². The van der Waals surface area contributed by atoms with Crippen LogP contribution in [0.5, 0.6) is 5.75 Å². The second-order valence-electron chi connectivity index (χ2n) is 7.45. The molecule has 0 bridgehead atoms. The number of rotatable bonds is 7. The number of nitrogens with one attached hydrogen (secondary N) is 2. The van der Waals surface area contributed by atoms with E-state index in [0.29, 0.717) is 6.54 Å². The molecule has 30 heavy (non-hydrogen) atoms. The number of benzene rings is 2. The lowest BCUT2D eigenvalue weighted by Gasteiger charge is -2.29. The number of aliphatic imine (C=N–C) groups is 1. The van der Waals surface area contributed by atoms with E-state index >= 15 is 0 Å². The largest absolute Gasteiger partial charge is 0.497 e. The molecule has 1 saturated heterocycles. The summed E-state index contributed by atoms with van der Waals surface area (Å²) >= 11 is 0. The van der Waals surface area contributed by atoms with Crippen LogP contribution >= 0.6 is 24.0 Å². The summed E-state index contributed by atoms with van der Waals surface area (Å²) in [6.45, 7) is 4.32. The Morgan fingerprint density at radius 2 is 1.47 bits per heavy atom. The maximum Gasteiger partial charge on any atom is 0.191 e. The molecule has 2 aromatic rings. The molecule has 0 aromatic heterocycles. The van der Waals surface area contributed by atoms with Gasteiger partial charge in [0.25, 0.3) is 0 Å². The van der Waals surface area contributed by atoms with Gasteiger partial charge in [-0.15, -0.1) is 24.0 Å². The smallest absolute Gasteiger partial charge is 0.191 e. The van der Waals surface area contributed by atoms with Crippen LogP contribution in [0.2, 0.25) is 0 Å². The predicted molar refractivity (Wildman–Crippen MR) is 132 cm³/mol. The summed E-state index contributed by atoms with van der Waals surface area (Å²) in [7, 11) is 3.45. The van der Waals surface area contributed by atoms with Crippen LogP contribution in [0.4, 0.5) is 0 Å². The molecular formula is C23H33IN4O2. The van der Waals surface area contributed by atoms with E-state index in [9.17, 15) is 5.11 Å². The number of hydrogen-bond donors (Lipinski definition) is 3. The van der Waals surface area contributed by atoms with Gasteiger partial charge in [0.2, 0.25) is 0 Å². The molecule has 1 heterocycles. The van der Waals surface area contributed by atoms with Gasteiger partial charge in [0, 0.05) is 39.8 Å². The molecule has 6 nitrogen and oxygen atoms in total. The molecule has 1 aliphatic heterocycles. The number of hydrogen-bond acceptors (Lipinski definition) is 4. The highest BCUT2D eigenvalue weighted by Crippen LogP contribution is 2.14. The molecule has 0 spiro atoms. The number of likely N-dealkylation sites (tertiary alicyclic amines) is 1. The zero-order valence-corrected chi connectivity index (χ0v) is 20.1. The van der Waals surface area contributed by atoms with Crippen molar-refractivity contribution in [3.63, 3.8) is 0 Å². The Morgan fingerprint density at radius 3 is 1.97 bits per heavy atom. The number of guanidine groups is 1. The van der Waals surface area contributed by atoms with E-state index in [0.717, 1.165) is 50.7 Å². The number of halogens is 1. The second-order valence-corrected chi connectivity index (χ2v) is 7.45.